The quantitative estimate of drug-likeness (QED) is 0.214. The molecule has 2 aromatic rings. The molecule has 11 heteroatoms. The Hall–Kier alpha value is -3.99. The molecule has 3 saturated heterocycles. The maximum absolute atomic E-state index is 14.6. The number of aliphatic hydroxyl groups excluding tert-OH is 1. The number of esters is 1. The molecule has 0 saturated carbocycles. The fraction of sp³-hybridized carbons (Fsp3) is 0.444. The van der Waals surface area contributed by atoms with Crippen LogP contribution >= 0.6 is 11.6 Å². The minimum absolute atomic E-state index is 0.102. The van der Waals surface area contributed by atoms with Crippen LogP contribution in [0.4, 0.5) is 5.69 Å². The summed E-state index contributed by atoms with van der Waals surface area (Å²) in [4.78, 5) is 58.6. The van der Waals surface area contributed by atoms with Crippen LogP contribution in [0.5, 0.6) is 0 Å². The number of para-hydroxylation sites is 1. The van der Waals surface area contributed by atoms with Crippen LogP contribution in [0.25, 0.3) is 0 Å². The van der Waals surface area contributed by atoms with Crippen molar-refractivity contribution in [2.75, 3.05) is 24.6 Å². The third kappa shape index (κ3) is 6.59. The van der Waals surface area contributed by atoms with Crippen LogP contribution in [0.3, 0.4) is 0 Å². The number of rotatable bonds is 15. The van der Waals surface area contributed by atoms with Gasteiger partial charge < -0.3 is 29.7 Å². The predicted octanol–water partition coefficient (Wildman–Crippen LogP) is 4.37. The molecular formula is C36H42ClN3O7. The van der Waals surface area contributed by atoms with Gasteiger partial charge in [-0.15, -0.1) is 13.2 Å². The summed E-state index contributed by atoms with van der Waals surface area (Å²) in [5, 5.41) is 13.0. The number of hydrogen-bond acceptors (Lipinski definition) is 7. The van der Waals surface area contributed by atoms with Crippen LogP contribution in [-0.2, 0) is 28.7 Å². The molecule has 1 spiro atoms. The molecule has 5 rings (SSSR count). The summed E-state index contributed by atoms with van der Waals surface area (Å²) in [6.07, 6.45) is 3.62. The van der Waals surface area contributed by atoms with Gasteiger partial charge in [0.25, 0.3) is 5.91 Å². The summed E-state index contributed by atoms with van der Waals surface area (Å²) in [6.45, 7) is 9.30. The molecule has 10 nitrogen and oxygen atoms in total. The second kappa shape index (κ2) is 14.8. The summed E-state index contributed by atoms with van der Waals surface area (Å²) >= 11 is 6.52. The maximum Gasteiger partial charge on any atom is 0.313 e. The van der Waals surface area contributed by atoms with Crippen LogP contribution in [0, 0.1) is 11.8 Å². The topological polar surface area (TPSA) is 125 Å². The van der Waals surface area contributed by atoms with Crippen LogP contribution in [0.1, 0.15) is 50.7 Å². The number of fused-ring (bicyclic) bond motifs is 1. The number of likely N-dealkylation sites (tertiary alicyclic amines) is 1. The standard InChI is InChI=1S/C36H42ClN3O7/c1-4-6-17-28(42)38-23(3)31(24-13-8-7-9-14-24)46-35(45)29-27-18-19-36(47-27)30(29)33(43)40(21-12-22-41)32(36)34(44)39(20-5-2)26-16-11-10-15-25(26)37/h4-5,7-11,13-16,23,27,29-32,41H,1-2,6,12,17-22H2,3H3,(H,38,42)/t23-,27-,29+,30+,31-,32-,36+/m1/s1. The van der Waals surface area contributed by atoms with Crippen molar-refractivity contribution in [2.24, 2.45) is 11.8 Å². The average molecular weight is 664 g/mol. The van der Waals surface area contributed by atoms with Crippen molar-refractivity contribution >= 4 is 41.0 Å². The number of allylic oxidation sites excluding steroid dienone is 1. The van der Waals surface area contributed by atoms with E-state index in [9.17, 15) is 24.3 Å². The third-order valence-electron chi connectivity index (χ3n) is 9.37. The fourth-order valence-electron chi connectivity index (χ4n) is 7.38. The normalized spacial score (nSPS) is 25.5. The van der Waals surface area contributed by atoms with E-state index in [4.69, 9.17) is 21.1 Å². The maximum atomic E-state index is 14.6. The Morgan fingerprint density at radius 1 is 1.17 bits per heavy atom. The Morgan fingerprint density at radius 3 is 2.57 bits per heavy atom. The molecule has 0 aromatic heterocycles. The van der Waals surface area contributed by atoms with Gasteiger partial charge in [-0.05, 0) is 50.3 Å². The summed E-state index contributed by atoms with van der Waals surface area (Å²) < 4.78 is 12.8. The second-order valence-corrected chi connectivity index (χ2v) is 12.7. The molecule has 0 radical (unpaired) electrons. The van der Waals surface area contributed by atoms with E-state index < -0.39 is 53.6 Å². The van der Waals surface area contributed by atoms with E-state index in [1.54, 1.807) is 43.3 Å². The van der Waals surface area contributed by atoms with Crippen molar-refractivity contribution in [1.82, 2.24) is 10.2 Å². The lowest BCUT2D eigenvalue weighted by molar-refractivity contribution is -0.162. The average Bonchev–Trinajstić information content (AvgIpc) is 3.71. The van der Waals surface area contributed by atoms with E-state index in [1.807, 2.05) is 30.3 Å². The monoisotopic (exact) mass is 663 g/mol. The van der Waals surface area contributed by atoms with Crippen molar-refractivity contribution in [3.63, 3.8) is 0 Å². The molecular weight excluding hydrogens is 622 g/mol. The molecule has 0 unspecified atom stereocenters. The van der Waals surface area contributed by atoms with Crippen LogP contribution in [-0.4, -0.2) is 77.2 Å². The van der Waals surface area contributed by atoms with E-state index in [0.717, 1.165) is 0 Å². The highest BCUT2D eigenvalue weighted by Gasteiger charge is 2.75. The van der Waals surface area contributed by atoms with Crippen molar-refractivity contribution < 1.29 is 33.8 Å². The molecule has 2 aromatic carbocycles. The fourth-order valence-corrected chi connectivity index (χ4v) is 7.61. The zero-order valence-corrected chi connectivity index (χ0v) is 27.3. The van der Waals surface area contributed by atoms with Crippen LogP contribution in [0.2, 0.25) is 5.02 Å². The van der Waals surface area contributed by atoms with Crippen LogP contribution in [0.15, 0.2) is 79.9 Å². The summed E-state index contributed by atoms with van der Waals surface area (Å²) in [6, 6.07) is 14.4. The van der Waals surface area contributed by atoms with Gasteiger partial charge in [-0.25, -0.2) is 0 Å². The van der Waals surface area contributed by atoms with Crippen molar-refractivity contribution in [3.05, 3.63) is 90.5 Å². The minimum Gasteiger partial charge on any atom is -0.455 e. The predicted molar refractivity (Wildman–Crippen MR) is 177 cm³/mol. The lowest BCUT2D eigenvalue weighted by atomic mass is 9.70. The number of nitrogens with zero attached hydrogens (tertiary/aromatic N) is 2. The van der Waals surface area contributed by atoms with Gasteiger partial charge in [0.05, 0.1) is 34.7 Å². The Balaban J connectivity index is 1.47. The summed E-state index contributed by atoms with van der Waals surface area (Å²) in [5.74, 6) is -3.55. The third-order valence-corrected chi connectivity index (χ3v) is 9.69. The molecule has 47 heavy (non-hydrogen) atoms. The first-order valence-electron chi connectivity index (χ1n) is 16.1. The lowest BCUT2D eigenvalue weighted by Gasteiger charge is -2.37. The van der Waals surface area contributed by atoms with Gasteiger partial charge >= 0.3 is 5.97 Å². The molecule has 0 aliphatic carbocycles. The number of carbonyl (C=O) groups excluding carboxylic acids is 4. The first-order chi connectivity index (χ1) is 22.7. The second-order valence-electron chi connectivity index (χ2n) is 12.3. The van der Waals surface area contributed by atoms with E-state index in [0.29, 0.717) is 35.5 Å². The molecule has 2 bridgehead atoms. The van der Waals surface area contributed by atoms with Gasteiger partial charge in [0.15, 0.2) is 0 Å². The Bertz CT molecular complexity index is 1500. The number of anilines is 1. The Kier molecular flexibility index (Phi) is 10.8. The van der Waals surface area contributed by atoms with Gasteiger partial charge in [0.1, 0.15) is 17.7 Å². The van der Waals surface area contributed by atoms with Gasteiger partial charge in [-0.3, -0.25) is 19.2 Å². The van der Waals surface area contributed by atoms with Gasteiger partial charge in [0, 0.05) is 26.1 Å². The van der Waals surface area contributed by atoms with Gasteiger partial charge in [-0.2, -0.15) is 0 Å². The molecule has 3 aliphatic heterocycles. The minimum atomic E-state index is -1.27. The van der Waals surface area contributed by atoms with E-state index in [1.165, 1.54) is 9.80 Å². The Morgan fingerprint density at radius 2 is 1.89 bits per heavy atom. The number of amides is 3. The van der Waals surface area contributed by atoms with Crippen molar-refractivity contribution in [1.29, 1.82) is 0 Å². The number of nitrogens with one attached hydrogen (secondary N) is 1. The first-order valence-corrected chi connectivity index (χ1v) is 16.5. The summed E-state index contributed by atoms with van der Waals surface area (Å²) in [5.41, 5.74) is -0.121. The molecule has 7 atom stereocenters. The van der Waals surface area contributed by atoms with Gasteiger partial charge in [0.2, 0.25) is 11.8 Å². The molecule has 3 aliphatic rings. The largest absolute Gasteiger partial charge is 0.455 e. The van der Waals surface area contributed by atoms with Crippen LogP contribution < -0.4 is 10.2 Å². The highest BCUT2D eigenvalue weighted by molar-refractivity contribution is 6.34. The number of aliphatic hydroxyl groups is 1. The molecule has 2 N–H and O–H groups in total. The van der Waals surface area contributed by atoms with E-state index >= 15 is 0 Å². The molecule has 3 amide bonds. The zero-order valence-electron chi connectivity index (χ0n) is 26.6. The number of hydrogen-bond donors (Lipinski definition) is 2. The highest BCUT2D eigenvalue weighted by Crippen LogP contribution is 2.59. The zero-order chi connectivity index (χ0) is 33.7. The molecule has 3 heterocycles. The number of benzene rings is 2. The molecule has 3 fully saturated rings. The van der Waals surface area contributed by atoms with E-state index in [2.05, 4.69) is 18.5 Å². The van der Waals surface area contributed by atoms with Crippen molar-refractivity contribution in [3.8, 4) is 0 Å². The number of carbonyl (C=O) groups is 4. The molecule has 250 valence electrons. The highest BCUT2D eigenvalue weighted by atomic mass is 35.5. The van der Waals surface area contributed by atoms with Gasteiger partial charge in [-0.1, -0.05) is 66.2 Å². The number of ether oxygens (including phenoxy) is 2. The lowest BCUT2D eigenvalue weighted by Crippen LogP contribution is -2.56. The number of halogens is 1. The smallest absolute Gasteiger partial charge is 0.313 e. The Labute approximate surface area is 280 Å². The summed E-state index contributed by atoms with van der Waals surface area (Å²) in [7, 11) is 0. The SMILES string of the molecule is C=CCCC(=O)N[C@H](C)[C@@H](OC(=O)[C@@H]1[C@H]2C(=O)N(CCCO)[C@H](C(=O)N(CC=C)c3ccccc3Cl)[C@]23CC[C@H]1O3)c1ccccc1. The first kappa shape index (κ1) is 34.3. The van der Waals surface area contributed by atoms with E-state index in [-0.39, 0.29) is 44.4 Å². The van der Waals surface area contributed by atoms with Crippen molar-refractivity contribution in [2.45, 2.75) is 68.9 Å².